The zero-order valence-corrected chi connectivity index (χ0v) is 12.4. The van der Waals surface area contributed by atoms with E-state index in [1.165, 1.54) is 25.7 Å². The van der Waals surface area contributed by atoms with Crippen LogP contribution in [0.2, 0.25) is 0 Å². The summed E-state index contributed by atoms with van der Waals surface area (Å²) in [5.74, 6) is 0. The molecule has 1 heterocycles. The minimum Gasteiger partial charge on any atom is -1.00 e. The number of allylic oxidation sites excluding steroid dienone is 8. The second kappa shape index (κ2) is 5.66. The first-order valence-corrected chi connectivity index (χ1v) is 7.43. The number of rotatable bonds is 0. The van der Waals surface area contributed by atoms with Crippen LogP contribution in [-0.4, -0.2) is 0 Å². The van der Waals surface area contributed by atoms with Gasteiger partial charge in [0.05, 0.1) is 0 Å². The van der Waals surface area contributed by atoms with Crippen molar-refractivity contribution in [1.82, 2.24) is 0 Å². The molecule has 0 bridgehead atoms. The Balaban J connectivity index is 0.000000562. The van der Waals surface area contributed by atoms with Gasteiger partial charge in [0.1, 0.15) is 0 Å². The standard InChI is InChI=1S/C12H12.2ClH.Zr/c1-2-6-11(5-1)9-10-12-7-3-4-8-12;;;/h1,3,5,7H,2,4,9-10H2;2*1H;/q;;;+2/p-2. The maximum atomic E-state index is 2.38. The first-order chi connectivity index (χ1) is 6.43. The molecule has 0 aromatic rings. The van der Waals surface area contributed by atoms with Gasteiger partial charge in [-0.25, -0.2) is 0 Å². The summed E-state index contributed by atoms with van der Waals surface area (Å²) in [5, 5.41) is 0. The fourth-order valence-corrected chi connectivity index (χ4v) is 6.07. The molecule has 78 valence electrons. The molecule has 3 rings (SSSR count). The van der Waals surface area contributed by atoms with E-state index in [0.29, 0.717) is 0 Å². The molecule has 0 aromatic carbocycles. The molecule has 15 heavy (non-hydrogen) atoms. The summed E-state index contributed by atoms with van der Waals surface area (Å²) in [6, 6.07) is 0. The summed E-state index contributed by atoms with van der Waals surface area (Å²) in [6.07, 6.45) is 14.7. The van der Waals surface area contributed by atoms with Crippen molar-refractivity contribution in [2.24, 2.45) is 0 Å². The summed E-state index contributed by atoms with van der Waals surface area (Å²) < 4.78 is 3.72. The molecule has 0 fully saturated rings. The van der Waals surface area contributed by atoms with Crippen molar-refractivity contribution in [2.75, 3.05) is 0 Å². The number of hydrogen-bond donors (Lipinski definition) is 0. The molecule has 0 atom stereocenters. The van der Waals surface area contributed by atoms with E-state index in [2.05, 4.69) is 24.3 Å². The smallest absolute Gasteiger partial charge is 1.00 e. The average molecular weight is 318 g/mol. The summed E-state index contributed by atoms with van der Waals surface area (Å²) in [5.41, 5.74) is 3.41. The van der Waals surface area contributed by atoms with Gasteiger partial charge in [-0.1, -0.05) is 0 Å². The summed E-state index contributed by atoms with van der Waals surface area (Å²) in [7, 11) is 0. The third-order valence-corrected chi connectivity index (χ3v) is 7.09. The molecule has 0 nitrogen and oxygen atoms in total. The fourth-order valence-electron chi connectivity index (χ4n) is 2.28. The van der Waals surface area contributed by atoms with Crippen LogP contribution < -0.4 is 24.8 Å². The van der Waals surface area contributed by atoms with Crippen molar-refractivity contribution in [2.45, 2.75) is 25.7 Å². The molecule has 0 N–H and O–H groups in total. The van der Waals surface area contributed by atoms with Crippen LogP contribution in [0.5, 0.6) is 0 Å². The molecule has 0 aromatic heterocycles. The van der Waals surface area contributed by atoms with Crippen LogP contribution in [0, 0.1) is 0 Å². The van der Waals surface area contributed by atoms with Crippen LogP contribution in [0.4, 0.5) is 0 Å². The Labute approximate surface area is 115 Å². The van der Waals surface area contributed by atoms with Gasteiger partial charge in [0.15, 0.2) is 0 Å². The molecule has 0 saturated carbocycles. The van der Waals surface area contributed by atoms with Gasteiger partial charge in [-0.05, 0) is 0 Å². The van der Waals surface area contributed by atoms with Crippen LogP contribution in [0.25, 0.3) is 0 Å². The van der Waals surface area contributed by atoms with E-state index in [1.54, 1.807) is 11.1 Å². The van der Waals surface area contributed by atoms with Crippen molar-refractivity contribution in [3.63, 3.8) is 0 Å². The summed E-state index contributed by atoms with van der Waals surface area (Å²) in [6.45, 7) is 0. The predicted octanol–water partition coefficient (Wildman–Crippen LogP) is -2.70. The molecular weight excluding hydrogens is 306 g/mol. The van der Waals surface area contributed by atoms with Gasteiger partial charge in [0, 0.05) is 0 Å². The molecule has 0 unspecified atom stereocenters. The molecule has 0 amide bonds. The Bertz CT molecular complexity index is 339. The number of halogens is 2. The van der Waals surface area contributed by atoms with Gasteiger partial charge in [-0.2, -0.15) is 0 Å². The maximum absolute atomic E-state index is 2.38. The molecule has 0 radical (unpaired) electrons. The molecule has 2 aliphatic carbocycles. The van der Waals surface area contributed by atoms with Gasteiger partial charge in [0.25, 0.3) is 0 Å². The topological polar surface area (TPSA) is 0 Å². The second-order valence-corrected chi connectivity index (χ2v) is 7.43. The van der Waals surface area contributed by atoms with E-state index in [1.807, 2.05) is 6.56 Å². The normalized spacial score (nSPS) is 20.8. The Hall–Kier alpha value is 0.423. The predicted molar refractivity (Wildman–Crippen MR) is 50.8 cm³/mol. The Morgan fingerprint density at radius 3 is 1.73 bits per heavy atom. The monoisotopic (exact) mass is 316 g/mol. The minimum atomic E-state index is -0.323. The Morgan fingerprint density at radius 1 is 0.800 bits per heavy atom. The Morgan fingerprint density at radius 2 is 1.27 bits per heavy atom. The van der Waals surface area contributed by atoms with E-state index in [4.69, 9.17) is 0 Å². The van der Waals surface area contributed by atoms with Crippen LogP contribution in [-0.2, 0) is 23.2 Å². The van der Waals surface area contributed by atoms with Crippen molar-refractivity contribution in [3.05, 3.63) is 42.0 Å². The molecular formula is C12H12Cl2Zr. The molecule has 1 aliphatic heterocycles. The summed E-state index contributed by atoms with van der Waals surface area (Å²) >= 11 is -0.323. The summed E-state index contributed by atoms with van der Waals surface area (Å²) in [4.78, 5) is 0. The van der Waals surface area contributed by atoms with Crippen molar-refractivity contribution >= 4 is 0 Å². The van der Waals surface area contributed by atoms with Crippen molar-refractivity contribution in [3.8, 4) is 0 Å². The van der Waals surface area contributed by atoms with E-state index < -0.39 is 0 Å². The van der Waals surface area contributed by atoms with E-state index in [-0.39, 0.29) is 48.0 Å². The first-order valence-electron chi connectivity index (χ1n) is 4.97. The third kappa shape index (κ3) is 2.57. The van der Waals surface area contributed by atoms with Crippen LogP contribution >= 0.6 is 0 Å². The molecule has 0 spiro atoms. The fraction of sp³-hybridized carbons (Fsp3) is 0.333. The average Bonchev–Trinajstić information content (AvgIpc) is 2.72. The zero-order chi connectivity index (χ0) is 8.67. The van der Waals surface area contributed by atoms with E-state index >= 15 is 0 Å². The van der Waals surface area contributed by atoms with Gasteiger partial charge < -0.3 is 24.8 Å². The zero-order valence-electron chi connectivity index (χ0n) is 8.39. The van der Waals surface area contributed by atoms with Crippen LogP contribution in [0.15, 0.2) is 42.0 Å². The second-order valence-electron chi connectivity index (χ2n) is 3.85. The SMILES string of the molecule is C1=CC2=[C](C1)[Zr+2][C]1=C(C=CC1)CC2.[Cl-].[Cl-]. The van der Waals surface area contributed by atoms with Crippen LogP contribution in [0.3, 0.4) is 0 Å². The van der Waals surface area contributed by atoms with Crippen molar-refractivity contribution in [1.29, 1.82) is 0 Å². The largest absolute Gasteiger partial charge is 1.00 e. The van der Waals surface area contributed by atoms with Gasteiger partial charge in [-0.15, -0.1) is 0 Å². The first kappa shape index (κ1) is 13.5. The number of hydrogen-bond acceptors (Lipinski definition) is 0. The van der Waals surface area contributed by atoms with Gasteiger partial charge in [-0.3, -0.25) is 0 Å². The van der Waals surface area contributed by atoms with E-state index in [0.717, 1.165) is 0 Å². The molecule has 3 aliphatic rings. The Kier molecular flexibility index (Phi) is 5.09. The van der Waals surface area contributed by atoms with Gasteiger partial charge >= 0.3 is 90.9 Å². The van der Waals surface area contributed by atoms with Crippen LogP contribution in [0.1, 0.15) is 25.7 Å². The minimum absolute atomic E-state index is 0. The molecule has 3 heteroatoms. The van der Waals surface area contributed by atoms with Crippen molar-refractivity contribution < 1.29 is 48.0 Å². The third-order valence-electron chi connectivity index (χ3n) is 3.02. The van der Waals surface area contributed by atoms with E-state index in [9.17, 15) is 0 Å². The molecule has 0 saturated heterocycles. The quantitative estimate of drug-likeness (QED) is 0.456. The maximum Gasteiger partial charge on any atom is -1.00 e. The van der Waals surface area contributed by atoms with Gasteiger partial charge in [0.2, 0.25) is 0 Å².